The maximum Gasteiger partial charge on any atom is 0.346 e. The second-order valence-electron chi connectivity index (χ2n) is 5.18. The van der Waals surface area contributed by atoms with Gasteiger partial charge in [0.05, 0.1) is 28.3 Å². The summed E-state index contributed by atoms with van der Waals surface area (Å²) in [4.78, 5) is 23.2. The predicted octanol–water partition coefficient (Wildman–Crippen LogP) is 2.86. The Kier molecular flexibility index (Phi) is 6.23. The van der Waals surface area contributed by atoms with Crippen LogP contribution in [0.4, 0.5) is 5.69 Å². The van der Waals surface area contributed by atoms with Crippen molar-refractivity contribution in [3.63, 3.8) is 0 Å². The molecule has 138 valence electrons. The zero-order chi connectivity index (χ0) is 19.3. The highest BCUT2D eigenvalue weighted by molar-refractivity contribution is 7.92. The molecule has 0 spiro atoms. The summed E-state index contributed by atoms with van der Waals surface area (Å²) in [5, 5.41) is 0.257. The number of anilines is 1. The van der Waals surface area contributed by atoms with Crippen molar-refractivity contribution in [2.45, 2.75) is 17.9 Å². The van der Waals surface area contributed by atoms with Crippen LogP contribution in [-0.4, -0.2) is 33.6 Å². The van der Waals surface area contributed by atoms with Crippen LogP contribution in [-0.2, 0) is 24.3 Å². The first-order chi connectivity index (χ1) is 12.2. The predicted molar refractivity (Wildman–Crippen MR) is 95.6 cm³/mol. The molecule has 2 aromatic carbocycles. The van der Waals surface area contributed by atoms with Gasteiger partial charge in [0.2, 0.25) is 0 Å². The summed E-state index contributed by atoms with van der Waals surface area (Å²) in [7, 11) is -2.70. The fraction of sp³-hybridized carbons (Fsp3) is 0.176. The number of ether oxygens (including phenoxy) is 2. The van der Waals surface area contributed by atoms with Crippen molar-refractivity contribution in [3.05, 3.63) is 59.1 Å². The van der Waals surface area contributed by atoms with Gasteiger partial charge in [-0.2, -0.15) is 0 Å². The number of benzene rings is 2. The van der Waals surface area contributed by atoms with E-state index in [1.807, 2.05) is 0 Å². The minimum absolute atomic E-state index is 0.0602. The molecule has 0 aliphatic carbocycles. The van der Waals surface area contributed by atoms with Crippen LogP contribution in [0.2, 0.25) is 5.02 Å². The largest absolute Gasteiger partial charge is 0.466 e. The van der Waals surface area contributed by atoms with Crippen molar-refractivity contribution in [1.82, 2.24) is 0 Å². The second kappa shape index (κ2) is 8.20. The van der Waals surface area contributed by atoms with E-state index in [0.717, 1.165) is 0 Å². The number of nitrogens with one attached hydrogen (secondary N) is 1. The molecular weight excluding hydrogens is 382 g/mol. The molecule has 9 heteroatoms. The number of hydrogen-bond donors (Lipinski definition) is 1. The molecule has 0 saturated carbocycles. The number of methoxy groups -OCH3 is 1. The van der Waals surface area contributed by atoms with Gasteiger partial charge >= 0.3 is 11.9 Å². The molecule has 0 bridgehead atoms. The van der Waals surface area contributed by atoms with E-state index in [4.69, 9.17) is 16.3 Å². The van der Waals surface area contributed by atoms with Gasteiger partial charge in [-0.15, -0.1) is 0 Å². The van der Waals surface area contributed by atoms with Crippen LogP contribution in [0.15, 0.2) is 53.4 Å². The first kappa shape index (κ1) is 19.7. The average molecular weight is 398 g/mol. The number of hydrogen-bond acceptors (Lipinski definition) is 6. The molecule has 26 heavy (non-hydrogen) atoms. The van der Waals surface area contributed by atoms with Gasteiger partial charge in [-0.3, -0.25) is 4.72 Å². The van der Waals surface area contributed by atoms with Crippen LogP contribution in [0.1, 0.15) is 17.3 Å². The fourth-order valence-corrected chi connectivity index (χ4v) is 3.28. The number of halogens is 1. The Morgan fingerprint density at radius 2 is 1.69 bits per heavy atom. The Labute approximate surface area is 155 Å². The highest BCUT2D eigenvalue weighted by Gasteiger charge is 2.20. The molecule has 1 atom stereocenters. The van der Waals surface area contributed by atoms with Gasteiger partial charge in [0.15, 0.2) is 6.10 Å². The van der Waals surface area contributed by atoms with E-state index in [1.54, 1.807) is 18.2 Å². The molecular formula is C17H16ClNO6S. The number of carbonyl (C=O) groups excluding carboxylic acids is 2. The van der Waals surface area contributed by atoms with Gasteiger partial charge in [0.25, 0.3) is 10.0 Å². The number of rotatable bonds is 6. The summed E-state index contributed by atoms with van der Waals surface area (Å²) in [6.45, 7) is 1.37. The van der Waals surface area contributed by atoms with Crippen molar-refractivity contribution >= 4 is 39.3 Å². The third-order valence-electron chi connectivity index (χ3n) is 3.34. The highest BCUT2D eigenvalue weighted by atomic mass is 35.5. The maximum absolute atomic E-state index is 12.4. The minimum Gasteiger partial charge on any atom is -0.466 e. The van der Waals surface area contributed by atoms with Crippen LogP contribution in [0, 0.1) is 0 Å². The van der Waals surface area contributed by atoms with Crippen molar-refractivity contribution in [2.24, 2.45) is 0 Å². The monoisotopic (exact) mass is 397 g/mol. The van der Waals surface area contributed by atoms with E-state index in [-0.39, 0.29) is 21.2 Å². The van der Waals surface area contributed by atoms with Gasteiger partial charge in [0.1, 0.15) is 0 Å². The molecule has 7 nitrogen and oxygen atoms in total. The van der Waals surface area contributed by atoms with Crippen LogP contribution < -0.4 is 4.72 Å². The average Bonchev–Trinajstić information content (AvgIpc) is 2.62. The fourth-order valence-electron chi connectivity index (χ4n) is 1.96. The molecule has 2 rings (SSSR count). The lowest BCUT2D eigenvalue weighted by Gasteiger charge is -2.12. The highest BCUT2D eigenvalue weighted by Crippen LogP contribution is 2.24. The van der Waals surface area contributed by atoms with Gasteiger partial charge in [-0.25, -0.2) is 18.0 Å². The van der Waals surface area contributed by atoms with Crippen molar-refractivity contribution in [2.75, 3.05) is 11.8 Å². The summed E-state index contributed by atoms with van der Waals surface area (Å²) < 4.78 is 36.6. The number of sulfonamides is 1. The second-order valence-corrected chi connectivity index (χ2v) is 7.27. The van der Waals surface area contributed by atoms with Crippen molar-refractivity contribution in [3.8, 4) is 0 Å². The van der Waals surface area contributed by atoms with Crippen LogP contribution in [0.25, 0.3) is 0 Å². The molecule has 0 amide bonds. The normalized spacial score (nSPS) is 12.1. The minimum atomic E-state index is -3.88. The Balaban J connectivity index is 2.14. The third kappa shape index (κ3) is 4.74. The lowest BCUT2D eigenvalue weighted by Crippen LogP contribution is -2.25. The molecule has 0 heterocycles. The Morgan fingerprint density at radius 1 is 1.08 bits per heavy atom. The SMILES string of the molecule is COC(=O)[C@H](C)OC(=O)c1ccc(S(=O)(=O)Nc2ccccc2Cl)cc1. The van der Waals surface area contributed by atoms with Gasteiger partial charge in [-0.1, -0.05) is 23.7 Å². The Morgan fingerprint density at radius 3 is 2.27 bits per heavy atom. The van der Waals surface area contributed by atoms with E-state index in [0.29, 0.717) is 0 Å². The summed E-state index contributed by atoms with van der Waals surface area (Å²) >= 11 is 5.94. The Hall–Kier alpha value is -2.58. The molecule has 0 saturated heterocycles. The van der Waals surface area contributed by atoms with Crippen LogP contribution >= 0.6 is 11.6 Å². The zero-order valence-corrected chi connectivity index (χ0v) is 15.5. The zero-order valence-electron chi connectivity index (χ0n) is 13.9. The lowest BCUT2D eigenvalue weighted by molar-refractivity contribution is -0.149. The van der Waals surface area contributed by atoms with E-state index in [1.165, 1.54) is 44.4 Å². The quantitative estimate of drug-likeness (QED) is 0.752. The molecule has 0 aliphatic rings. The molecule has 0 radical (unpaired) electrons. The van der Waals surface area contributed by atoms with Crippen LogP contribution in [0.3, 0.4) is 0 Å². The standard InChI is InChI=1S/C17H16ClNO6S/c1-11(16(20)24-2)25-17(21)12-7-9-13(10-8-12)26(22,23)19-15-6-4-3-5-14(15)18/h3-11,19H,1-2H3/t11-/m0/s1. The first-order valence-corrected chi connectivity index (χ1v) is 9.27. The van der Waals surface area contributed by atoms with E-state index in [9.17, 15) is 18.0 Å². The molecule has 2 aromatic rings. The van der Waals surface area contributed by atoms with Gasteiger partial charge in [0, 0.05) is 0 Å². The number of para-hydroxylation sites is 1. The summed E-state index contributed by atoms with van der Waals surface area (Å²) in [6.07, 6.45) is -1.07. The van der Waals surface area contributed by atoms with Gasteiger partial charge in [-0.05, 0) is 43.3 Å². The van der Waals surface area contributed by atoms with E-state index in [2.05, 4.69) is 9.46 Å². The lowest BCUT2D eigenvalue weighted by atomic mass is 10.2. The Bertz CT molecular complexity index is 911. The van der Waals surface area contributed by atoms with Crippen molar-refractivity contribution in [1.29, 1.82) is 0 Å². The maximum atomic E-state index is 12.4. The first-order valence-electron chi connectivity index (χ1n) is 7.41. The van der Waals surface area contributed by atoms with Crippen LogP contribution in [0.5, 0.6) is 0 Å². The topological polar surface area (TPSA) is 98.8 Å². The van der Waals surface area contributed by atoms with E-state index < -0.39 is 28.1 Å². The van der Waals surface area contributed by atoms with Crippen molar-refractivity contribution < 1.29 is 27.5 Å². The van der Waals surface area contributed by atoms with E-state index >= 15 is 0 Å². The number of carbonyl (C=O) groups is 2. The molecule has 0 aliphatic heterocycles. The summed E-state index contributed by atoms with van der Waals surface area (Å²) in [5.41, 5.74) is 0.335. The molecule has 0 fully saturated rings. The molecule has 0 unspecified atom stereocenters. The summed E-state index contributed by atoms with van der Waals surface area (Å²) in [5.74, 6) is -1.47. The smallest absolute Gasteiger partial charge is 0.346 e. The number of esters is 2. The molecule has 1 N–H and O–H groups in total. The van der Waals surface area contributed by atoms with Gasteiger partial charge < -0.3 is 9.47 Å². The summed E-state index contributed by atoms with van der Waals surface area (Å²) in [6, 6.07) is 11.5. The molecule has 0 aromatic heterocycles. The third-order valence-corrected chi connectivity index (χ3v) is 5.05.